The number of anilines is 2. The summed E-state index contributed by atoms with van der Waals surface area (Å²) in [6, 6.07) is 25.8. The molecule has 0 unspecified atom stereocenters. The first-order valence-corrected chi connectivity index (χ1v) is 10.2. The first-order valence-electron chi connectivity index (χ1n) is 10.2. The van der Waals surface area contributed by atoms with Gasteiger partial charge in [-0.3, -0.25) is 4.79 Å². The lowest BCUT2D eigenvalue weighted by Crippen LogP contribution is -2.11. The van der Waals surface area contributed by atoms with Crippen molar-refractivity contribution in [1.29, 1.82) is 0 Å². The van der Waals surface area contributed by atoms with Crippen molar-refractivity contribution in [2.24, 2.45) is 0 Å². The molecule has 0 aliphatic heterocycles. The minimum Gasteiger partial charge on any atom is -0.457 e. The molecular formula is C26H23N3O3. The second-order valence-electron chi connectivity index (χ2n) is 7.11. The summed E-state index contributed by atoms with van der Waals surface area (Å²) in [6.07, 6.45) is 1.57. The second kappa shape index (κ2) is 9.66. The second-order valence-corrected chi connectivity index (χ2v) is 7.11. The van der Waals surface area contributed by atoms with Gasteiger partial charge in [0.25, 0.3) is 5.91 Å². The number of aromatic nitrogens is 1. The molecule has 3 aromatic carbocycles. The number of para-hydroxylation sites is 1. The van der Waals surface area contributed by atoms with Crippen LogP contribution >= 0.6 is 0 Å². The number of ether oxygens (including phenoxy) is 2. The quantitative estimate of drug-likeness (QED) is 0.365. The topological polar surface area (TPSA) is 72.5 Å². The number of hydrogen-bond donors (Lipinski definition) is 2. The van der Waals surface area contributed by atoms with Crippen molar-refractivity contribution in [3.63, 3.8) is 0 Å². The van der Waals surface area contributed by atoms with Gasteiger partial charge < -0.3 is 20.1 Å². The predicted molar refractivity (Wildman–Crippen MR) is 126 cm³/mol. The van der Waals surface area contributed by atoms with Gasteiger partial charge in [-0.2, -0.15) is 0 Å². The number of amides is 1. The van der Waals surface area contributed by atoms with Gasteiger partial charge in [0.05, 0.1) is 11.9 Å². The fourth-order valence-corrected chi connectivity index (χ4v) is 3.05. The molecular weight excluding hydrogens is 402 g/mol. The number of carbonyl (C=O) groups excluding carboxylic acids is 1. The first-order chi connectivity index (χ1) is 15.6. The molecule has 0 aliphatic carbocycles. The molecule has 2 N–H and O–H groups in total. The van der Waals surface area contributed by atoms with Gasteiger partial charge in [0.2, 0.25) is 5.88 Å². The Morgan fingerprint density at radius 3 is 2.19 bits per heavy atom. The van der Waals surface area contributed by atoms with E-state index in [1.54, 1.807) is 42.6 Å². The average Bonchev–Trinajstić information content (AvgIpc) is 2.82. The molecule has 1 aromatic heterocycles. The number of hydrogen-bond acceptors (Lipinski definition) is 5. The molecule has 0 bridgehead atoms. The Hall–Kier alpha value is -4.32. The van der Waals surface area contributed by atoms with Crippen molar-refractivity contribution in [1.82, 2.24) is 4.98 Å². The van der Waals surface area contributed by atoms with Crippen LogP contribution in [0.25, 0.3) is 0 Å². The van der Waals surface area contributed by atoms with Crippen LogP contribution in [0, 0.1) is 6.92 Å². The number of aryl methyl sites for hydroxylation is 1. The molecule has 1 heterocycles. The van der Waals surface area contributed by atoms with Gasteiger partial charge >= 0.3 is 0 Å². The summed E-state index contributed by atoms with van der Waals surface area (Å²) in [5.74, 6) is 2.35. The molecule has 0 fully saturated rings. The highest BCUT2D eigenvalue weighted by atomic mass is 16.5. The zero-order valence-corrected chi connectivity index (χ0v) is 17.8. The fourth-order valence-electron chi connectivity index (χ4n) is 3.05. The van der Waals surface area contributed by atoms with Crippen molar-refractivity contribution in [2.75, 3.05) is 17.7 Å². The Morgan fingerprint density at radius 1 is 0.812 bits per heavy atom. The molecule has 4 aromatic rings. The Kier molecular flexibility index (Phi) is 6.32. The summed E-state index contributed by atoms with van der Waals surface area (Å²) in [4.78, 5) is 16.8. The van der Waals surface area contributed by atoms with E-state index in [0.717, 1.165) is 22.7 Å². The van der Waals surface area contributed by atoms with E-state index < -0.39 is 0 Å². The largest absolute Gasteiger partial charge is 0.457 e. The Bertz CT molecular complexity index is 1190. The van der Waals surface area contributed by atoms with Crippen LogP contribution in [-0.4, -0.2) is 17.9 Å². The molecule has 0 saturated carbocycles. The number of pyridine rings is 1. The van der Waals surface area contributed by atoms with Crippen molar-refractivity contribution in [3.05, 3.63) is 102 Å². The third-order valence-electron chi connectivity index (χ3n) is 4.77. The van der Waals surface area contributed by atoms with Gasteiger partial charge in [0.1, 0.15) is 17.2 Å². The van der Waals surface area contributed by atoms with Gasteiger partial charge in [0.15, 0.2) is 0 Å². The lowest BCUT2D eigenvalue weighted by atomic mass is 10.2. The van der Waals surface area contributed by atoms with E-state index >= 15 is 0 Å². The van der Waals surface area contributed by atoms with Crippen LogP contribution < -0.4 is 20.1 Å². The van der Waals surface area contributed by atoms with Gasteiger partial charge in [-0.25, -0.2) is 4.98 Å². The summed E-state index contributed by atoms with van der Waals surface area (Å²) < 4.78 is 11.6. The minimum absolute atomic E-state index is 0.231. The van der Waals surface area contributed by atoms with Gasteiger partial charge in [-0.05, 0) is 73.2 Å². The molecule has 0 atom stereocenters. The van der Waals surface area contributed by atoms with Crippen LogP contribution in [0.2, 0.25) is 0 Å². The smallest absolute Gasteiger partial charge is 0.255 e. The predicted octanol–water partition coefficient (Wildman–Crippen LogP) is 6.27. The maximum atomic E-state index is 12.5. The normalized spacial score (nSPS) is 10.3. The number of benzene rings is 3. The summed E-state index contributed by atoms with van der Waals surface area (Å²) in [7, 11) is 1.87. The zero-order valence-electron chi connectivity index (χ0n) is 17.8. The number of rotatable bonds is 7. The highest BCUT2D eigenvalue weighted by molar-refractivity contribution is 6.04. The Labute approximate surface area is 186 Å². The average molecular weight is 425 g/mol. The van der Waals surface area contributed by atoms with Crippen LogP contribution in [0.3, 0.4) is 0 Å². The van der Waals surface area contributed by atoms with Gasteiger partial charge in [-0.15, -0.1) is 0 Å². The molecule has 0 radical (unpaired) electrons. The number of carbonyl (C=O) groups is 1. The molecule has 1 amide bonds. The summed E-state index contributed by atoms with van der Waals surface area (Å²) >= 11 is 0. The zero-order chi connectivity index (χ0) is 22.3. The summed E-state index contributed by atoms with van der Waals surface area (Å²) in [5, 5.41) is 5.93. The van der Waals surface area contributed by atoms with Gasteiger partial charge in [-0.1, -0.05) is 18.2 Å². The molecule has 0 aliphatic rings. The monoisotopic (exact) mass is 425 g/mol. The van der Waals surface area contributed by atoms with Crippen LogP contribution in [0.1, 0.15) is 15.9 Å². The molecule has 4 rings (SSSR count). The van der Waals surface area contributed by atoms with Crippen LogP contribution in [0.5, 0.6) is 23.1 Å². The molecule has 6 nitrogen and oxygen atoms in total. The maximum absolute atomic E-state index is 12.5. The Morgan fingerprint density at radius 2 is 1.53 bits per heavy atom. The molecule has 160 valence electrons. The minimum atomic E-state index is -0.231. The van der Waals surface area contributed by atoms with E-state index in [4.69, 9.17) is 9.47 Å². The lowest BCUT2D eigenvalue weighted by molar-refractivity contribution is 0.102. The number of nitrogens with zero attached hydrogens (tertiary/aromatic N) is 1. The number of nitrogens with one attached hydrogen (secondary N) is 2. The van der Waals surface area contributed by atoms with Crippen molar-refractivity contribution in [3.8, 4) is 23.1 Å². The third-order valence-corrected chi connectivity index (χ3v) is 4.77. The van der Waals surface area contributed by atoms with Crippen LogP contribution in [0.4, 0.5) is 11.4 Å². The summed E-state index contributed by atoms with van der Waals surface area (Å²) in [5.41, 5.74) is 3.11. The van der Waals surface area contributed by atoms with E-state index in [-0.39, 0.29) is 5.91 Å². The van der Waals surface area contributed by atoms with E-state index in [2.05, 4.69) is 15.6 Å². The first kappa shape index (κ1) is 20.9. The lowest BCUT2D eigenvalue weighted by Gasteiger charge is -2.10. The van der Waals surface area contributed by atoms with Crippen molar-refractivity contribution < 1.29 is 14.3 Å². The SMILES string of the molecule is CNc1ccc(Oc2ccc(NC(=O)c3ccc(Oc4ccccc4)cc3)cn2)c(C)c1. The third kappa shape index (κ3) is 5.23. The molecule has 0 spiro atoms. The van der Waals surface area contributed by atoms with E-state index in [9.17, 15) is 4.79 Å². The van der Waals surface area contributed by atoms with Crippen LogP contribution in [-0.2, 0) is 0 Å². The fraction of sp³-hybridized carbons (Fsp3) is 0.0769. The van der Waals surface area contributed by atoms with E-state index in [0.29, 0.717) is 22.9 Å². The molecule has 6 heteroatoms. The standard InChI is InChI=1S/C26H23N3O3/c1-18-16-20(27-2)10-14-24(18)32-25-15-11-21(17-28-25)29-26(30)19-8-12-23(13-9-19)31-22-6-4-3-5-7-22/h3-17,27H,1-2H3,(H,29,30). The summed E-state index contributed by atoms with van der Waals surface area (Å²) in [6.45, 7) is 1.97. The maximum Gasteiger partial charge on any atom is 0.255 e. The van der Waals surface area contributed by atoms with Gasteiger partial charge in [0, 0.05) is 24.4 Å². The molecule has 32 heavy (non-hydrogen) atoms. The van der Waals surface area contributed by atoms with Crippen LogP contribution in [0.15, 0.2) is 91.1 Å². The highest BCUT2D eigenvalue weighted by Crippen LogP contribution is 2.27. The van der Waals surface area contributed by atoms with Crippen molar-refractivity contribution >= 4 is 17.3 Å². The molecule has 0 saturated heterocycles. The van der Waals surface area contributed by atoms with E-state index in [1.165, 1.54) is 0 Å². The van der Waals surface area contributed by atoms with E-state index in [1.807, 2.05) is 62.5 Å². The van der Waals surface area contributed by atoms with Crippen molar-refractivity contribution in [2.45, 2.75) is 6.92 Å². The Balaban J connectivity index is 1.36. The highest BCUT2D eigenvalue weighted by Gasteiger charge is 2.08.